The second-order valence-electron chi connectivity index (χ2n) is 7.64. The van der Waals surface area contributed by atoms with Crippen LogP contribution in [-0.4, -0.2) is 41.3 Å². The first kappa shape index (κ1) is 22.7. The average molecular weight is 465 g/mol. The van der Waals surface area contributed by atoms with Crippen molar-refractivity contribution in [2.45, 2.75) is 25.8 Å². The Kier molecular flexibility index (Phi) is 6.55. The lowest BCUT2D eigenvalue weighted by Crippen LogP contribution is -2.36. The van der Waals surface area contributed by atoms with Gasteiger partial charge in [0.25, 0.3) is 0 Å². The summed E-state index contributed by atoms with van der Waals surface area (Å²) >= 11 is 1.50. The van der Waals surface area contributed by atoms with Crippen LogP contribution in [0.2, 0.25) is 0 Å². The third kappa shape index (κ3) is 4.39. The number of amidine groups is 1. The highest BCUT2D eigenvalue weighted by Crippen LogP contribution is 2.45. The number of carbonyl (C=O) groups is 2. The number of fused-ring (bicyclic) bond motifs is 1. The molecule has 0 bridgehead atoms. The summed E-state index contributed by atoms with van der Waals surface area (Å²) in [7, 11) is 2.59. The molecule has 2 aliphatic rings. The average Bonchev–Trinajstić information content (AvgIpc) is 3.24. The molecular formula is C25H24N2O5S. The minimum absolute atomic E-state index is 0.0302. The monoisotopic (exact) mass is 464 g/mol. The van der Waals surface area contributed by atoms with Crippen molar-refractivity contribution in [3.63, 3.8) is 0 Å². The number of aryl methyl sites for hydroxylation is 1. The Bertz CT molecular complexity index is 1190. The second-order valence-corrected chi connectivity index (χ2v) is 8.47. The van der Waals surface area contributed by atoms with Gasteiger partial charge in [0.1, 0.15) is 11.3 Å². The van der Waals surface area contributed by atoms with Crippen LogP contribution >= 0.6 is 11.8 Å². The lowest BCUT2D eigenvalue weighted by molar-refractivity contribution is -0.136. The summed E-state index contributed by atoms with van der Waals surface area (Å²) in [6.45, 7) is 1.77. The van der Waals surface area contributed by atoms with Crippen LogP contribution in [0.3, 0.4) is 0 Å². The molecule has 1 N–H and O–H groups in total. The minimum Gasteiger partial charge on any atom is -0.507 e. The van der Waals surface area contributed by atoms with Crippen LogP contribution in [-0.2, 0) is 20.7 Å². The van der Waals surface area contributed by atoms with Crippen molar-refractivity contribution in [2.24, 2.45) is 4.99 Å². The number of methoxy groups -OCH3 is 2. The molecular weight excluding hydrogens is 440 g/mol. The fraction of sp³-hybridized carbons (Fsp3) is 0.240. The third-order valence-electron chi connectivity index (χ3n) is 5.66. The Morgan fingerprint density at radius 3 is 2.48 bits per heavy atom. The number of phenolic OH excluding ortho intramolecular Hbond substituents is 1. The quantitative estimate of drug-likeness (QED) is 0.627. The van der Waals surface area contributed by atoms with E-state index in [2.05, 4.69) is 17.1 Å². The van der Waals surface area contributed by atoms with Gasteiger partial charge in [-0.3, -0.25) is 0 Å². The van der Waals surface area contributed by atoms with Gasteiger partial charge in [-0.05, 0) is 48.4 Å². The first-order valence-electron chi connectivity index (χ1n) is 10.4. The number of thioether (sulfide) groups is 1. The minimum atomic E-state index is -0.657. The van der Waals surface area contributed by atoms with E-state index in [1.165, 1.54) is 37.6 Å². The normalized spacial score (nSPS) is 17.3. The molecule has 0 amide bonds. The van der Waals surface area contributed by atoms with E-state index in [4.69, 9.17) is 9.47 Å². The molecule has 0 radical (unpaired) electrons. The van der Waals surface area contributed by atoms with Gasteiger partial charge in [-0.25, -0.2) is 14.6 Å². The van der Waals surface area contributed by atoms with Crippen LogP contribution in [0.4, 0.5) is 0 Å². The van der Waals surface area contributed by atoms with Gasteiger partial charge >= 0.3 is 11.9 Å². The van der Waals surface area contributed by atoms with Crippen molar-refractivity contribution in [2.75, 3.05) is 14.2 Å². The van der Waals surface area contributed by atoms with Gasteiger partial charge in [0.2, 0.25) is 0 Å². The molecule has 0 aliphatic carbocycles. The smallest absolute Gasteiger partial charge is 0.341 e. The summed E-state index contributed by atoms with van der Waals surface area (Å²) in [4.78, 5) is 31.7. The number of ether oxygens (including phenoxy) is 2. The predicted octanol–water partition coefficient (Wildman–Crippen LogP) is 4.56. The Balaban J connectivity index is 1.76. The lowest BCUT2D eigenvalue weighted by atomic mass is 9.92. The number of hydrogen-bond donors (Lipinski definition) is 1. The molecule has 0 saturated heterocycles. The van der Waals surface area contributed by atoms with E-state index in [1.807, 2.05) is 28.5 Å². The Labute approximate surface area is 196 Å². The number of aliphatic imine (C=N–C) groups is 1. The molecule has 0 fully saturated rings. The topological polar surface area (TPSA) is 88.4 Å². The highest BCUT2D eigenvalue weighted by molar-refractivity contribution is 8.16. The van der Waals surface area contributed by atoms with E-state index in [1.54, 1.807) is 19.1 Å². The zero-order chi connectivity index (χ0) is 23.5. The summed E-state index contributed by atoms with van der Waals surface area (Å²) in [5.74, 6) is -1.34. The van der Waals surface area contributed by atoms with Crippen molar-refractivity contribution in [1.29, 1.82) is 0 Å². The van der Waals surface area contributed by atoms with Crippen LogP contribution in [0.1, 0.15) is 40.9 Å². The molecule has 170 valence electrons. The second kappa shape index (κ2) is 9.54. The highest BCUT2D eigenvalue weighted by Gasteiger charge is 2.40. The van der Waals surface area contributed by atoms with Crippen LogP contribution < -0.4 is 0 Å². The lowest BCUT2D eigenvalue weighted by Gasteiger charge is -2.36. The SMILES string of the molecule is COC(=O)C1=C(C)N=C2SC=C(CCc3ccccc3)N2C1c1ccc(O)c(C(=O)OC)c1. The number of hydrogen-bond acceptors (Lipinski definition) is 8. The first-order valence-corrected chi connectivity index (χ1v) is 11.3. The molecule has 33 heavy (non-hydrogen) atoms. The Morgan fingerprint density at radius 2 is 1.79 bits per heavy atom. The fourth-order valence-corrected chi connectivity index (χ4v) is 5.02. The number of aromatic hydroxyl groups is 1. The van der Waals surface area contributed by atoms with Crippen LogP contribution in [0.5, 0.6) is 5.75 Å². The first-order chi connectivity index (χ1) is 15.9. The maximum absolute atomic E-state index is 12.8. The third-order valence-corrected chi connectivity index (χ3v) is 6.55. The van der Waals surface area contributed by atoms with Crippen molar-refractivity contribution in [3.05, 3.63) is 87.6 Å². The van der Waals surface area contributed by atoms with Gasteiger partial charge in [0.05, 0.1) is 31.5 Å². The molecule has 1 unspecified atom stereocenters. The van der Waals surface area contributed by atoms with E-state index in [9.17, 15) is 14.7 Å². The predicted molar refractivity (Wildman–Crippen MR) is 127 cm³/mol. The van der Waals surface area contributed by atoms with Crippen molar-refractivity contribution >= 4 is 28.9 Å². The van der Waals surface area contributed by atoms with Crippen LogP contribution in [0, 0.1) is 0 Å². The number of rotatable bonds is 6. The zero-order valence-electron chi connectivity index (χ0n) is 18.6. The van der Waals surface area contributed by atoms with Gasteiger partial charge < -0.3 is 19.5 Å². The van der Waals surface area contributed by atoms with E-state index in [0.717, 1.165) is 23.7 Å². The Hall–Kier alpha value is -3.52. The molecule has 0 aromatic heterocycles. The summed E-state index contributed by atoms with van der Waals surface area (Å²) in [5, 5.41) is 13.0. The number of carbonyl (C=O) groups excluding carboxylic acids is 2. The summed E-state index contributed by atoms with van der Waals surface area (Å²) in [6.07, 6.45) is 1.56. The molecule has 1 atom stereocenters. The maximum atomic E-state index is 12.8. The number of allylic oxidation sites excluding steroid dienone is 2. The van der Waals surface area contributed by atoms with E-state index in [-0.39, 0.29) is 11.3 Å². The van der Waals surface area contributed by atoms with Gasteiger partial charge in [-0.1, -0.05) is 48.2 Å². The van der Waals surface area contributed by atoms with Crippen LogP contribution in [0.25, 0.3) is 0 Å². The van der Waals surface area contributed by atoms with Gasteiger partial charge in [-0.2, -0.15) is 0 Å². The van der Waals surface area contributed by atoms with E-state index < -0.39 is 18.0 Å². The fourth-order valence-electron chi connectivity index (χ4n) is 4.02. The standard InChI is InChI=1S/C25H24N2O5S/c1-15-21(24(30)32-3)22(17-10-12-20(28)19(13-17)23(29)31-2)27-18(14-33-25(27)26-15)11-9-16-7-5-4-6-8-16/h4-8,10,12-14,22,28H,9,11H2,1-3H3. The summed E-state index contributed by atoms with van der Waals surface area (Å²) < 4.78 is 9.90. The molecule has 2 aromatic carbocycles. The van der Waals surface area contributed by atoms with E-state index >= 15 is 0 Å². The van der Waals surface area contributed by atoms with E-state index in [0.29, 0.717) is 16.8 Å². The number of esters is 2. The molecule has 0 saturated carbocycles. The largest absolute Gasteiger partial charge is 0.507 e. The molecule has 2 aromatic rings. The van der Waals surface area contributed by atoms with Gasteiger partial charge in [0, 0.05) is 5.70 Å². The van der Waals surface area contributed by atoms with Crippen molar-refractivity contribution < 1.29 is 24.2 Å². The molecule has 7 nitrogen and oxygen atoms in total. The number of phenols is 1. The van der Waals surface area contributed by atoms with Crippen molar-refractivity contribution in [1.82, 2.24) is 4.90 Å². The zero-order valence-corrected chi connectivity index (χ0v) is 19.4. The Morgan fingerprint density at radius 1 is 1.06 bits per heavy atom. The molecule has 8 heteroatoms. The molecule has 4 rings (SSSR count). The molecule has 0 spiro atoms. The summed E-state index contributed by atoms with van der Waals surface area (Å²) in [6, 6.07) is 14.3. The summed E-state index contributed by atoms with van der Waals surface area (Å²) in [5.41, 5.74) is 3.83. The van der Waals surface area contributed by atoms with Gasteiger partial charge in [0.15, 0.2) is 5.17 Å². The number of nitrogens with zero attached hydrogens (tertiary/aromatic N) is 2. The highest BCUT2D eigenvalue weighted by atomic mass is 32.2. The van der Waals surface area contributed by atoms with Crippen molar-refractivity contribution in [3.8, 4) is 5.75 Å². The number of benzene rings is 2. The molecule has 2 heterocycles. The molecule has 2 aliphatic heterocycles. The maximum Gasteiger partial charge on any atom is 0.341 e. The van der Waals surface area contributed by atoms with Gasteiger partial charge in [-0.15, -0.1) is 0 Å². The van der Waals surface area contributed by atoms with Crippen LogP contribution in [0.15, 0.2) is 75.9 Å².